The number of hydrazine groups is 1. The summed E-state index contributed by atoms with van der Waals surface area (Å²) < 4.78 is 38.5. The summed E-state index contributed by atoms with van der Waals surface area (Å²) in [5.74, 6) is -0.00116. The molecule has 1 aliphatic carbocycles. The Morgan fingerprint density at radius 2 is 2.04 bits per heavy atom. The number of carbonyl (C=O) groups is 1. The van der Waals surface area contributed by atoms with Gasteiger partial charge in [0.25, 0.3) is 0 Å². The van der Waals surface area contributed by atoms with Crippen molar-refractivity contribution in [3.05, 3.63) is 54.1 Å². The average Bonchev–Trinajstić information content (AvgIpc) is 3.11. The van der Waals surface area contributed by atoms with Crippen molar-refractivity contribution in [2.24, 2.45) is 5.92 Å². The highest BCUT2D eigenvalue weighted by atomic mass is 19.4. The van der Waals surface area contributed by atoms with Gasteiger partial charge < -0.3 is 5.32 Å². The summed E-state index contributed by atoms with van der Waals surface area (Å²) in [6, 6.07) is 5.78. The molecule has 0 aromatic carbocycles. The van der Waals surface area contributed by atoms with E-state index in [0.717, 1.165) is 37.1 Å². The standard InChI is InChI=1S/C19H20F3N5O/c20-19(21,22)16-9-13(5-7-24-16)25-18(28)17-14-8-11(3-4-15(14)26-27-17)12-2-1-6-23-10-12/h1-2,5-7,9-11,14-15,17,26-27H,3-4,8H2,(H,24,25,28). The highest BCUT2D eigenvalue weighted by Crippen LogP contribution is 2.39. The number of aromatic nitrogens is 2. The predicted molar refractivity (Wildman–Crippen MR) is 96.0 cm³/mol. The van der Waals surface area contributed by atoms with Gasteiger partial charge in [-0.2, -0.15) is 13.2 Å². The fourth-order valence-corrected chi connectivity index (χ4v) is 4.12. The summed E-state index contributed by atoms with van der Waals surface area (Å²) in [6.07, 6.45) is 2.78. The van der Waals surface area contributed by atoms with Crippen molar-refractivity contribution < 1.29 is 18.0 Å². The second-order valence-electron chi connectivity index (χ2n) is 7.25. The number of rotatable bonds is 3. The third kappa shape index (κ3) is 3.85. The molecule has 4 atom stereocenters. The van der Waals surface area contributed by atoms with Gasteiger partial charge in [-0.3, -0.25) is 20.2 Å². The highest BCUT2D eigenvalue weighted by Gasteiger charge is 2.44. The van der Waals surface area contributed by atoms with E-state index < -0.39 is 17.9 Å². The lowest BCUT2D eigenvalue weighted by molar-refractivity contribution is -0.141. The number of nitrogens with zero attached hydrogens (tertiary/aromatic N) is 2. The Hall–Kier alpha value is -2.52. The van der Waals surface area contributed by atoms with Crippen molar-refractivity contribution in [2.45, 2.75) is 43.4 Å². The minimum Gasteiger partial charge on any atom is -0.325 e. The molecular formula is C19H20F3N5O. The smallest absolute Gasteiger partial charge is 0.325 e. The van der Waals surface area contributed by atoms with Crippen LogP contribution >= 0.6 is 0 Å². The van der Waals surface area contributed by atoms with Crippen LogP contribution in [0.4, 0.5) is 18.9 Å². The molecule has 28 heavy (non-hydrogen) atoms. The minimum atomic E-state index is -4.56. The molecule has 1 saturated heterocycles. The predicted octanol–water partition coefficient (Wildman–Crippen LogP) is 2.86. The van der Waals surface area contributed by atoms with Crippen LogP contribution in [0, 0.1) is 5.92 Å². The number of carbonyl (C=O) groups excluding carboxylic acids is 1. The zero-order valence-corrected chi connectivity index (χ0v) is 14.9. The fraction of sp³-hybridized carbons (Fsp3) is 0.421. The molecule has 2 aliphatic rings. The fourth-order valence-electron chi connectivity index (χ4n) is 4.12. The summed E-state index contributed by atoms with van der Waals surface area (Å²) in [5, 5.41) is 2.59. The van der Waals surface area contributed by atoms with Crippen molar-refractivity contribution in [1.82, 2.24) is 20.8 Å². The minimum absolute atomic E-state index is 0.0443. The average molecular weight is 391 g/mol. The van der Waals surface area contributed by atoms with Gasteiger partial charge in [0, 0.05) is 36.2 Å². The Labute approximate surface area is 159 Å². The van der Waals surface area contributed by atoms with Crippen LogP contribution in [-0.4, -0.2) is 28.0 Å². The second-order valence-corrected chi connectivity index (χ2v) is 7.25. The number of hydrogen-bond acceptors (Lipinski definition) is 5. The van der Waals surface area contributed by atoms with Crippen molar-refractivity contribution in [3.8, 4) is 0 Å². The van der Waals surface area contributed by atoms with E-state index in [1.54, 1.807) is 6.20 Å². The van der Waals surface area contributed by atoms with Crippen molar-refractivity contribution in [3.63, 3.8) is 0 Å². The van der Waals surface area contributed by atoms with Gasteiger partial charge in [0.15, 0.2) is 0 Å². The summed E-state index contributed by atoms with van der Waals surface area (Å²) >= 11 is 0. The van der Waals surface area contributed by atoms with E-state index in [4.69, 9.17) is 0 Å². The zero-order valence-electron chi connectivity index (χ0n) is 14.9. The highest BCUT2D eigenvalue weighted by molar-refractivity contribution is 5.95. The lowest BCUT2D eigenvalue weighted by Crippen LogP contribution is -2.42. The molecule has 148 valence electrons. The first-order chi connectivity index (χ1) is 13.4. The SMILES string of the molecule is O=C(Nc1ccnc(C(F)(F)F)c1)C1NNC2CCC(c3cccnc3)CC21. The maximum atomic E-state index is 12.8. The van der Waals surface area contributed by atoms with Gasteiger partial charge in [-0.15, -0.1) is 0 Å². The summed E-state index contributed by atoms with van der Waals surface area (Å²) in [7, 11) is 0. The molecule has 1 amide bonds. The second kappa shape index (κ2) is 7.48. The molecule has 2 aromatic rings. The lowest BCUT2D eigenvalue weighted by atomic mass is 9.73. The van der Waals surface area contributed by atoms with E-state index in [0.29, 0.717) is 5.92 Å². The molecule has 1 aliphatic heterocycles. The molecule has 4 rings (SSSR count). The number of alkyl halides is 3. The van der Waals surface area contributed by atoms with Gasteiger partial charge >= 0.3 is 6.18 Å². The Bertz CT molecular complexity index is 845. The number of fused-ring (bicyclic) bond motifs is 1. The number of amides is 1. The molecule has 9 heteroatoms. The van der Waals surface area contributed by atoms with E-state index in [2.05, 4.69) is 26.1 Å². The van der Waals surface area contributed by atoms with Crippen LogP contribution < -0.4 is 16.2 Å². The van der Waals surface area contributed by atoms with Crippen molar-refractivity contribution in [2.75, 3.05) is 5.32 Å². The van der Waals surface area contributed by atoms with Crippen LogP contribution in [0.25, 0.3) is 0 Å². The maximum Gasteiger partial charge on any atom is 0.433 e. The summed E-state index contributed by atoms with van der Waals surface area (Å²) in [4.78, 5) is 20.2. The first-order valence-electron chi connectivity index (χ1n) is 9.17. The maximum absolute atomic E-state index is 12.8. The normalized spacial score (nSPS) is 27.2. The molecule has 6 nitrogen and oxygen atoms in total. The number of anilines is 1. The topological polar surface area (TPSA) is 78.9 Å². The van der Waals surface area contributed by atoms with Gasteiger partial charge in [-0.05, 0) is 48.9 Å². The molecule has 3 heterocycles. The van der Waals surface area contributed by atoms with Gasteiger partial charge in [-0.1, -0.05) is 6.07 Å². The van der Waals surface area contributed by atoms with Crippen LogP contribution in [0.1, 0.15) is 36.4 Å². The summed E-state index contributed by atoms with van der Waals surface area (Å²) in [5.41, 5.74) is 6.38. The first-order valence-corrected chi connectivity index (χ1v) is 9.17. The van der Waals surface area contributed by atoms with Crippen LogP contribution in [-0.2, 0) is 11.0 Å². The number of halogens is 3. The van der Waals surface area contributed by atoms with Crippen molar-refractivity contribution in [1.29, 1.82) is 0 Å². The number of hydrogen-bond donors (Lipinski definition) is 3. The zero-order chi connectivity index (χ0) is 19.7. The van der Waals surface area contributed by atoms with Crippen molar-refractivity contribution >= 4 is 11.6 Å². The van der Waals surface area contributed by atoms with Gasteiger partial charge in [-0.25, -0.2) is 5.43 Å². The van der Waals surface area contributed by atoms with E-state index in [-0.39, 0.29) is 23.6 Å². The molecule has 0 bridgehead atoms. The quantitative estimate of drug-likeness (QED) is 0.750. The van der Waals surface area contributed by atoms with Crippen LogP contribution in [0.15, 0.2) is 42.9 Å². The third-order valence-electron chi connectivity index (χ3n) is 5.51. The Kier molecular flexibility index (Phi) is 5.03. The molecule has 0 spiro atoms. The van der Waals surface area contributed by atoms with Gasteiger partial charge in [0.1, 0.15) is 11.7 Å². The number of nitrogens with one attached hydrogen (secondary N) is 3. The Balaban J connectivity index is 1.46. The molecule has 2 aromatic heterocycles. The van der Waals surface area contributed by atoms with Gasteiger partial charge in [0.05, 0.1) is 0 Å². The monoisotopic (exact) mass is 391 g/mol. The first kappa shape index (κ1) is 18.8. The third-order valence-corrected chi connectivity index (χ3v) is 5.51. The largest absolute Gasteiger partial charge is 0.433 e. The van der Waals surface area contributed by atoms with Gasteiger partial charge in [0.2, 0.25) is 5.91 Å². The molecule has 3 N–H and O–H groups in total. The molecular weight excluding hydrogens is 371 g/mol. The molecule has 0 radical (unpaired) electrons. The van der Waals surface area contributed by atoms with Crippen LogP contribution in [0.3, 0.4) is 0 Å². The molecule has 2 fully saturated rings. The number of pyridine rings is 2. The summed E-state index contributed by atoms with van der Waals surface area (Å²) in [6.45, 7) is 0. The van der Waals surface area contributed by atoms with E-state index >= 15 is 0 Å². The van der Waals surface area contributed by atoms with E-state index in [9.17, 15) is 18.0 Å². The Morgan fingerprint density at radius 3 is 2.79 bits per heavy atom. The Morgan fingerprint density at radius 1 is 1.18 bits per heavy atom. The van der Waals surface area contributed by atoms with E-state index in [1.165, 1.54) is 6.07 Å². The molecule has 4 unspecified atom stereocenters. The van der Waals surface area contributed by atoms with Crippen LogP contribution in [0.5, 0.6) is 0 Å². The lowest BCUT2D eigenvalue weighted by Gasteiger charge is -2.32. The van der Waals surface area contributed by atoms with Crippen LogP contribution in [0.2, 0.25) is 0 Å². The van der Waals surface area contributed by atoms with E-state index in [1.807, 2.05) is 18.3 Å². The molecule has 1 saturated carbocycles.